The monoisotopic (exact) mass is 412 g/mol. The Bertz CT molecular complexity index is 1360. The molecule has 0 aliphatic heterocycles. The molecule has 2 aromatic carbocycles. The van der Waals surface area contributed by atoms with Gasteiger partial charge in [-0.3, -0.25) is 4.57 Å². The average Bonchev–Trinajstić information content (AvgIpc) is 3.15. The van der Waals surface area contributed by atoms with Gasteiger partial charge in [-0.1, -0.05) is 38.1 Å². The molecule has 4 aromatic rings. The van der Waals surface area contributed by atoms with E-state index in [9.17, 15) is 13.2 Å². The van der Waals surface area contributed by atoms with Crippen LogP contribution in [0.5, 0.6) is 0 Å². The first-order valence-corrected chi connectivity index (χ1v) is 11.5. The van der Waals surface area contributed by atoms with Crippen molar-refractivity contribution in [3.63, 3.8) is 0 Å². The van der Waals surface area contributed by atoms with E-state index in [2.05, 4.69) is 18.4 Å². The molecule has 29 heavy (non-hydrogen) atoms. The van der Waals surface area contributed by atoms with E-state index in [1.807, 2.05) is 24.3 Å². The molecule has 0 N–H and O–H groups in total. The predicted octanol–water partition coefficient (Wildman–Crippen LogP) is 3.05. The van der Waals surface area contributed by atoms with Crippen LogP contribution in [0.1, 0.15) is 26.1 Å². The van der Waals surface area contributed by atoms with E-state index in [1.165, 1.54) is 4.57 Å². The SMILES string of the molecule is CC(C)CCn1c(Cn2c(=O)n(S(C)(=O)=O)c3ccccc32)nc2ccccc21. The summed E-state index contributed by atoms with van der Waals surface area (Å²) in [4.78, 5) is 17.8. The van der Waals surface area contributed by atoms with Crippen molar-refractivity contribution in [1.82, 2.24) is 18.1 Å². The van der Waals surface area contributed by atoms with Crippen molar-refractivity contribution in [2.24, 2.45) is 5.92 Å². The highest BCUT2D eigenvalue weighted by atomic mass is 32.2. The minimum absolute atomic E-state index is 0.203. The number of benzene rings is 2. The molecular formula is C21H24N4O3S. The normalized spacial score (nSPS) is 12.4. The third kappa shape index (κ3) is 3.48. The van der Waals surface area contributed by atoms with Crippen molar-refractivity contribution < 1.29 is 8.42 Å². The van der Waals surface area contributed by atoms with Crippen LogP contribution >= 0.6 is 0 Å². The lowest BCUT2D eigenvalue weighted by atomic mass is 10.1. The smallest absolute Gasteiger partial charge is 0.326 e. The van der Waals surface area contributed by atoms with Crippen molar-refractivity contribution >= 4 is 32.1 Å². The largest absolute Gasteiger partial charge is 0.343 e. The van der Waals surface area contributed by atoms with Crippen LogP contribution in [0.2, 0.25) is 0 Å². The Kier molecular flexibility index (Phi) is 4.82. The fourth-order valence-corrected chi connectivity index (χ4v) is 4.57. The second-order valence-corrected chi connectivity index (χ2v) is 9.57. The van der Waals surface area contributed by atoms with E-state index in [0.717, 1.165) is 40.1 Å². The minimum atomic E-state index is -3.73. The zero-order valence-corrected chi connectivity index (χ0v) is 17.6. The van der Waals surface area contributed by atoms with Gasteiger partial charge in [0.2, 0.25) is 10.0 Å². The maximum Gasteiger partial charge on any atom is 0.343 e. The van der Waals surface area contributed by atoms with Gasteiger partial charge in [0.05, 0.1) is 34.9 Å². The molecule has 0 fully saturated rings. The second kappa shape index (κ2) is 7.18. The lowest BCUT2D eigenvalue weighted by Gasteiger charge is -2.11. The molecule has 0 aliphatic carbocycles. The number of rotatable bonds is 6. The Labute approximate surface area is 169 Å². The molecule has 2 aromatic heterocycles. The molecule has 2 heterocycles. The predicted molar refractivity (Wildman–Crippen MR) is 115 cm³/mol. The van der Waals surface area contributed by atoms with Crippen LogP contribution in [-0.4, -0.2) is 32.8 Å². The summed E-state index contributed by atoms with van der Waals surface area (Å²) in [6, 6.07) is 14.8. The van der Waals surface area contributed by atoms with E-state index in [0.29, 0.717) is 17.0 Å². The highest BCUT2D eigenvalue weighted by molar-refractivity contribution is 7.89. The Morgan fingerprint density at radius 2 is 1.55 bits per heavy atom. The van der Waals surface area contributed by atoms with Crippen molar-refractivity contribution in [1.29, 1.82) is 0 Å². The maximum atomic E-state index is 13.0. The molecule has 0 amide bonds. The first-order valence-electron chi connectivity index (χ1n) is 9.62. The highest BCUT2D eigenvalue weighted by Gasteiger charge is 2.21. The van der Waals surface area contributed by atoms with Gasteiger partial charge in [-0.25, -0.2) is 18.2 Å². The molecule has 0 saturated carbocycles. The van der Waals surface area contributed by atoms with E-state index in [4.69, 9.17) is 4.98 Å². The van der Waals surface area contributed by atoms with Crippen molar-refractivity contribution in [2.75, 3.05) is 6.26 Å². The summed E-state index contributed by atoms with van der Waals surface area (Å²) in [5.41, 5.74) is 2.26. The Hall–Kier alpha value is -2.87. The molecule has 0 unspecified atom stereocenters. The number of imidazole rings is 2. The van der Waals surface area contributed by atoms with Gasteiger partial charge in [0.25, 0.3) is 0 Å². The summed E-state index contributed by atoms with van der Waals surface area (Å²) >= 11 is 0. The molecular weight excluding hydrogens is 388 g/mol. The number of fused-ring (bicyclic) bond motifs is 2. The number of hydrogen-bond donors (Lipinski definition) is 0. The topological polar surface area (TPSA) is 78.9 Å². The van der Waals surface area contributed by atoms with Crippen molar-refractivity contribution in [3.8, 4) is 0 Å². The number of aromatic nitrogens is 4. The molecule has 0 aliphatic rings. The van der Waals surface area contributed by atoms with Crippen molar-refractivity contribution in [3.05, 3.63) is 64.8 Å². The molecule has 0 radical (unpaired) electrons. The Morgan fingerprint density at radius 3 is 2.21 bits per heavy atom. The molecule has 4 rings (SSSR count). The average molecular weight is 413 g/mol. The highest BCUT2D eigenvalue weighted by Crippen LogP contribution is 2.21. The number of nitrogens with zero attached hydrogens (tertiary/aromatic N) is 4. The van der Waals surface area contributed by atoms with E-state index in [-0.39, 0.29) is 6.54 Å². The van der Waals surface area contributed by atoms with Gasteiger partial charge < -0.3 is 4.57 Å². The van der Waals surface area contributed by atoms with E-state index >= 15 is 0 Å². The second-order valence-electron chi connectivity index (χ2n) is 7.74. The number of hydrogen-bond acceptors (Lipinski definition) is 4. The summed E-state index contributed by atoms with van der Waals surface area (Å²) in [7, 11) is -3.73. The Balaban J connectivity index is 1.90. The third-order valence-electron chi connectivity index (χ3n) is 5.09. The van der Waals surface area contributed by atoms with Gasteiger partial charge >= 0.3 is 5.69 Å². The van der Waals surface area contributed by atoms with Gasteiger partial charge in [-0.2, -0.15) is 3.97 Å². The Morgan fingerprint density at radius 1 is 0.931 bits per heavy atom. The van der Waals surface area contributed by atoms with E-state index < -0.39 is 15.7 Å². The summed E-state index contributed by atoms with van der Waals surface area (Å²) in [6.07, 6.45) is 2.02. The zero-order chi connectivity index (χ0) is 20.8. The summed E-state index contributed by atoms with van der Waals surface area (Å²) in [5, 5.41) is 0. The van der Waals surface area contributed by atoms with Crippen LogP contribution in [0, 0.1) is 5.92 Å². The molecule has 0 bridgehead atoms. The molecule has 152 valence electrons. The van der Waals surface area contributed by atoms with Crippen LogP contribution < -0.4 is 5.69 Å². The van der Waals surface area contributed by atoms with Gasteiger partial charge in [0, 0.05) is 6.54 Å². The maximum absolute atomic E-state index is 13.0. The summed E-state index contributed by atoms with van der Waals surface area (Å²) in [6.45, 7) is 5.33. The first-order chi connectivity index (χ1) is 13.8. The minimum Gasteiger partial charge on any atom is -0.326 e. The molecule has 7 nitrogen and oxygen atoms in total. The summed E-state index contributed by atoms with van der Waals surface area (Å²) in [5.74, 6) is 1.27. The standard InChI is InChI=1S/C21H24N4O3S/c1-15(2)12-13-23-17-9-5-4-8-16(17)22-20(23)14-24-18-10-6-7-11-19(18)25(21(24)26)29(3,27)28/h4-11,15H,12-14H2,1-3H3. The molecule has 0 spiro atoms. The lowest BCUT2D eigenvalue weighted by molar-refractivity contribution is 0.507. The van der Waals surface area contributed by atoms with Crippen LogP contribution in [0.25, 0.3) is 22.1 Å². The fourth-order valence-electron chi connectivity index (χ4n) is 3.68. The third-order valence-corrected chi connectivity index (χ3v) is 6.11. The number of para-hydroxylation sites is 4. The summed E-state index contributed by atoms with van der Waals surface area (Å²) < 4.78 is 29.0. The quantitative estimate of drug-likeness (QED) is 0.488. The lowest BCUT2D eigenvalue weighted by Crippen LogP contribution is -2.29. The van der Waals surface area contributed by atoms with Crippen LogP contribution in [0.15, 0.2) is 53.3 Å². The molecule has 0 atom stereocenters. The fraction of sp³-hybridized carbons (Fsp3) is 0.333. The van der Waals surface area contributed by atoms with Gasteiger partial charge in [-0.15, -0.1) is 0 Å². The molecule has 8 heteroatoms. The van der Waals surface area contributed by atoms with Gasteiger partial charge in [0.15, 0.2) is 0 Å². The molecule has 0 saturated heterocycles. The zero-order valence-electron chi connectivity index (χ0n) is 16.7. The van der Waals surface area contributed by atoms with Gasteiger partial charge in [-0.05, 0) is 36.6 Å². The van der Waals surface area contributed by atoms with Gasteiger partial charge in [0.1, 0.15) is 5.82 Å². The van der Waals surface area contributed by atoms with Crippen molar-refractivity contribution in [2.45, 2.75) is 33.4 Å². The van der Waals surface area contributed by atoms with Crippen LogP contribution in [0.3, 0.4) is 0 Å². The number of aryl methyl sites for hydroxylation is 1. The van der Waals surface area contributed by atoms with Crippen LogP contribution in [0.4, 0.5) is 0 Å². The van der Waals surface area contributed by atoms with Crippen LogP contribution in [-0.2, 0) is 23.1 Å². The van der Waals surface area contributed by atoms with E-state index in [1.54, 1.807) is 24.3 Å². The first kappa shape index (κ1) is 19.4.